The molecule has 0 bridgehead atoms. The highest BCUT2D eigenvalue weighted by Crippen LogP contribution is 2.30. The lowest BCUT2D eigenvalue weighted by molar-refractivity contribution is -0.231. The first-order valence-corrected chi connectivity index (χ1v) is 16.2. The molecule has 212 valence electrons. The van der Waals surface area contributed by atoms with E-state index in [4.69, 9.17) is 9.47 Å². The first-order chi connectivity index (χ1) is 17.9. The van der Waals surface area contributed by atoms with Gasteiger partial charge in [-0.1, -0.05) is 93.7 Å². The summed E-state index contributed by atoms with van der Waals surface area (Å²) in [6.45, 7) is 6.19. The second-order valence-corrected chi connectivity index (χ2v) is 12.1. The second-order valence-electron chi connectivity index (χ2n) is 9.88. The number of hydrogen-bond acceptors (Lipinski definition) is 6. The number of aliphatic carboxylic acids is 1. The Kier molecular flexibility index (Phi) is 19.2. The molecule has 0 saturated carbocycles. The predicted octanol–water partition coefficient (Wildman–Crippen LogP) is 7.77. The van der Waals surface area contributed by atoms with Crippen LogP contribution in [0.5, 0.6) is 0 Å². The fraction of sp³-hybridized carbons (Fsp3) is 0.759. The third-order valence-corrected chi connectivity index (χ3v) is 8.45. The summed E-state index contributed by atoms with van der Waals surface area (Å²) in [6.07, 6.45) is 11.7. The lowest BCUT2D eigenvalue weighted by atomic mass is 9.91. The smallest absolute Gasteiger partial charge is 0.407 e. The summed E-state index contributed by atoms with van der Waals surface area (Å²) in [4.78, 5) is 11.4. The van der Waals surface area contributed by atoms with Crippen LogP contribution in [-0.2, 0) is 18.8 Å². The Morgan fingerprint density at radius 3 is 2.24 bits per heavy atom. The third kappa shape index (κ3) is 14.1. The Morgan fingerprint density at radius 2 is 1.62 bits per heavy atom. The molecule has 0 fully saturated rings. The van der Waals surface area contributed by atoms with Crippen LogP contribution in [0.25, 0.3) is 0 Å². The minimum Gasteiger partial charge on any atom is -0.476 e. The number of thioether (sulfide) groups is 1. The normalized spacial score (nSPS) is 15.8. The molecule has 1 aromatic rings. The van der Waals surface area contributed by atoms with Crippen LogP contribution in [0.1, 0.15) is 109 Å². The minimum atomic E-state index is -2.54. The summed E-state index contributed by atoms with van der Waals surface area (Å²) in [5.41, 5.74) is 1.49. The molecule has 0 amide bonds. The average molecular weight is 558 g/mol. The number of unbranched alkanes of at least 4 members (excludes halogenated alkanes) is 6. The molecule has 0 aromatic heterocycles. The van der Waals surface area contributed by atoms with E-state index in [2.05, 4.69) is 49.0 Å². The molecule has 5 unspecified atom stereocenters. The van der Waals surface area contributed by atoms with Gasteiger partial charge < -0.3 is 19.7 Å². The summed E-state index contributed by atoms with van der Waals surface area (Å²) in [6, 6.07) is 11.0. The van der Waals surface area contributed by atoms with Gasteiger partial charge in [0.25, 0.3) is 0 Å². The number of benzene rings is 1. The molecule has 0 aliphatic heterocycles. The number of rotatable bonds is 24. The van der Waals surface area contributed by atoms with Gasteiger partial charge in [-0.05, 0) is 62.0 Å². The first-order valence-electron chi connectivity index (χ1n) is 14.1. The van der Waals surface area contributed by atoms with E-state index in [9.17, 15) is 19.6 Å². The van der Waals surface area contributed by atoms with Crippen molar-refractivity contribution in [2.24, 2.45) is 0 Å². The van der Waals surface area contributed by atoms with Gasteiger partial charge in [0.05, 0.1) is 6.10 Å². The topological polar surface area (TPSA) is 93.1 Å². The van der Waals surface area contributed by atoms with Crippen LogP contribution in [0.4, 0.5) is 0 Å². The number of carboxylic acid groups (broad SMARTS) is 1. The molecule has 0 heterocycles. The van der Waals surface area contributed by atoms with Crippen molar-refractivity contribution in [3.05, 3.63) is 35.9 Å². The molecule has 0 saturated heterocycles. The fourth-order valence-corrected chi connectivity index (χ4v) is 5.68. The molecule has 0 aliphatic rings. The summed E-state index contributed by atoms with van der Waals surface area (Å²) in [7, 11) is -1.48. The van der Waals surface area contributed by atoms with Gasteiger partial charge in [-0.2, -0.15) is 11.8 Å². The number of ether oxygens (including phenoxy) is 2. The standard InChI is InChI=1S/C29H49O6PS/c1-4-6-17-26(25-18-13-11-14-19-25)20-23-37-22-15-10-8-7-9-12-16-24(3)35-28(34-21-5-2)29(32,36-33)27(30)31/h11,13-14,18-19,24,26,28,32H,4-10,12,15-17,20-23H2,1-3H3,(H,30,31)/p+1. The summed E-state index contributed by atoms with van der Waals surface area (Å²) >= 11 is 2.09. The van der Waals surface area contributed by atoms with Crippen molar-refractivity contribution < 1.29 is 29.0 Å². The van der Waals surface area contributed by atoms with Crippen molar-refractivity contribution in [2.45, 2.75) is 121 Å². The van der Waals surface area contributed by atoms with Crippen LogP contribution in [0, 0.1) is 0 Å². The Bertz CT molecular complexity index is 722. The van der Waals surface area contributed by atoms with Crippen molar-refractivity contribution >= 4 is 26.2 Å². The largest absolute Gasteiger partial charge is 0.476 e. The number of hydrogen-bond donors (Lipinski definition) is 2. The quantitative estimate of drug-likeness (QED) is 0.0762. The van der Waals surface area contributed by atoms with E-state index >= 15 is 0 Å². The maximum Gasteiger partial charge on any atom is 0.407 e. The molecular weight excluding hydrogens is 507 g/mol. The molecule has 37 heavy (non-hydrogen) atoms. The number of aliphatic hydroxyl groups is 1. The Labute approximate surface area is 230 Å². The van der Waals surface area contributed by atoms with Gasteiger partial charge in [-0.3, -0.25) is 0 Å². The van der Waals surface area contributed by atoms with Gasteiger partial charge in [-0.15, -0.1) is 0 Å². The van der Waals surface area contributed by atoms with E-state index in [1.165, 1.54) is 68.4 Å². The molecule has 1 aromatic carbocycles. The van der Waals surface area contributed by atoms with Crippen LogP contribution in [0.15, 0.2) is 30.3 Å². The van der Waals surface area contributed by atoms with Gasteiger partial charge in [0.15, 0.2) is 0 Å². The molecule has 0 aliphatic carbocycles. The monoisotopic (exact) mass is 557 g/mol. The molecule has 5 atom stereocenters. The minimum absolute atomic E-state index is 0.224. The molecule has 0 spiro atoms. The number of carboxylic acids is 1. The van der Waals surface area contributed by atoms with E-state index in [0.29, 0.717) is 12.3 Å². The molecule has 2 N–H and O–H groups in total. The molecule has 6 nitrogen and oxygen atoms in total. The molecular formula is C29H50O6PS+. The fourth-order valence-electron chi connectivity index (χ4n) is 4.28. The second kappa shape index (κ2) is 20.9. The van der Waals surface area contributed by atoms with Crippen LogP contribution in [-0.4, -0.2) is 52.0 Å². The summed E-state index contributed by atoms with van der Waals surface area (Å²) in [5, 5.41) is 17.0. The lowest BCUT2D eigenvalue weighted by Gasteiger charge is -2.25. The Hall–Kier alpha value is -0.980. The van der Waals surface area contributed by atoms with E-state index in [1.54, 1.807) is 0 Å². The van der Waals surface area contributed by atoms with Crippen molar-refractivity contribution in [3.63, 3.8) is 0 Å². The van der Waals surface area contributed by atoms with Crippen LogP contribution >= 0.6 is 20.2 Å². The summed E-state index contributed by atoms with van der Waals surface area (Å²) < 4.78 is 22.4. The highest BCUT2D eigenvalue weighted by Gasteiger charge is 2.56. The van der Waals surface area contributed by atoms with E-state index in [1.807, 2.05) is 13.8 Å². The van der Waals surface area contributed by atoms with Gasteiger partial charge in [0.1, 0.15) is 0 Å². The van der Waals surface area contributed by atoms with Gasteiger partial charge in [0.2, 0.25) is 6.29 Å². The maximum atomic E-state index is 11.4. The van der Waals surface area contributed by atoms with E-state index < -0.39 is 26.1 Å². The van der Waals surface area contributed by atoms with Crippen LogP contribution < -0.4 is 0 Å². The lowest BCUT2D eigenvalue weighted by Crippen LogP contribution is -2.48. The van der Waals surface area contributed by atoms with Crippen molar-refractivity contribution in [1.29, 1.82) is 0 Å². The molecule has 0 radical (unpaired) electrons. The summed E-state index contributed by atoms with van der Waals surface area (Å²) in [5.74, 6) is 1.55. The average Bonchev–Trinajstić information content (AvgIpc) is 2.91. The van der Waals surface area contributed by atoms with E-state index in [-0.39, 0.29) is 12.7 Å². The van der Waals surface area contributed by atoms with Crippen LogP contribution in [0.2, 0.25) is 0 Å². The van der Waals surface area contributed by atoms with Crippen molar-refractivity contribution in [2.75, 3.05) is 18.1 Å². The highest BCUT2D eigenvalue weighted by molar-refractivity contribution is 7.99. The van der Waals surface area contributed by atoms with Gasteiger partial charge >= 0.3 is 19.8 Å². The molecule has 8 heteroatoms. The van der Waals surface area contributed by atoms with Gasteiger partial charge in [-0.25, -0.2) is 4.79 Å². The first kappa shape index (κ1) is 34.0. The zero-order valence-electron chi connectivity index (χ0n) is 23.2. The highest BCUT2D eigenvalue weighted by atomic mass is 32.2. The predicted molar refractivity (Wildman–Crippen MR) is 155 cm³/mol. The SMILES string of the molecule is CCCCC(CCSCCCCCCCCC(C)OC(OCCC)C(O)([PH+]=O)C(=O)O)c1ccccc1. The van der Waals surface area contributed by atoms with Crippen molar-refractivity contribution in [3.8, 4) is 0 Å². The zero-order valence-corrected chi connectivity index (χ0v) is 25.0. The van der Waals surface area contributed by atoms with Crippen LogP contribution in [0.3, 0.4) is 0 Å². The Balaban J connectivity index is 2.16. The molecule has 1 rings (SSSR count). The zero-order chi connectivity index (χ0) is 27.4. The number of carbonyl (C=O) groups is 1. The maximum absolute atomic E-state index is 11.4. The third-order valence-electron chi connectivity index (χ3n) is 6.59. The van der Waals surface area contributed by atoms with Crippen molar-refractivity contribution in [1.82, 2.24) is 0 Å². The Morgan fingerprint density at radius 1 is 0.946 bits per heavy atom. The van der Waals surface area contributed by atoms with Gasteiger partial charge in [0, 0.05) is 6.61 Å². The van der Waals surface area contributed by atoms with E-state index in [0.717, 1.165) is 19.3 Å².